The summed E-state index contributed by atoms with van der Waals surface area (Å²) in [6.45, 7) is 1.44. The van der Waals surface area contributed by atoms with Crippen molar-refractivity contribution in [3.05, 3.63) is 24.3 Å². The first kappa shape index (κ1) is 14.4. The summed E-state index contributed by atoms with van der Waals surface area (Å²) in [5.41, 5.74) is 0.832. The Labute approximate surface area is 110 Å². The van der Waals surface area contributed by atoms with Crippen LogP contribution >= 0.6 is 11.8 Å². The quantitative estimate of drug-likeness (QED) is 0.680. The Morgan fingerprint density at radius 1 is 1.44 bits per heavy atom. The van der Waals surface area contributed by atoms with Gasteiger partial charge >= 0.3 is 5.97 Å². The maximum absolute atomic E-state index is 10.9. The van der Waals surface area contributed by atoms with Crippen LogP contribution in [-0.2, 0) is 9.59 Å². The molecule has 6 heteroatoms. The molecule has 1 amide bonds. The predicted molar refractivity (Wildman–Crippen MR) is 72.0 cm³/mol. The van der Waals surface area contributed by atoms with E-state index < -0.39 is 12.0 Å². The fourth-order valence-electron chi connectivity index (χ4n) is 1.40. The lowest BCUT2D eigenvalue weighted by Gasteiger charge is -2.15. The Morgan fingerprint density at radius 3 is 2.72 bits per heavy atom. The van der Waals surface area contributed by atoms with Crippen LogP contribution in [0.4, 0.5) is 5.69 Å². The highest BCUT2D eigenvalue weighted by Gasteiger charge is 2.17. The number of aliphatic carboxylic acids is 1. The molecule has 1 aromatic rings. The molecule has 0 radical (unpaired) electrons. The number of carboxylic acid groups (broad SMARTS) is 1. The highest BCUT2D eigenvalue weighted by molar-refractivity contribution is 7.98. The van der Waals surface area contributed by atoms with Crippen LogP contribution in [0.25, 0.3) is 0 Å². The molecule has 3 N–H and O–H groups in total. The summed E-state index contributed by atoms with van der Waals surface area (Å²) in [5.74, 6) is -1.42. The third-order valence-electron chi connectivity index (χ3n) is 2.26. The molecule has 1 rings (SSSR count). The first-order valence-electron chi connectivity index (χ1n) is 5.40. The minimum atomic E-state index is -1.06. The smallest absolute Gasteiger partial charge is 0.328 e. The molecule has 0 saturated heterocycles. The monoisotopic (exact) mass is 268 g/mol. The lowest BCUT2D eigenvalue weighted by atomic mass is 10.2. The van der Waals surface area contributed by atoms with Gasteiger partial charge in [-0.15, -0.1) is 11.8 Å². The van der Waals surface area contributed by atoms with Gasteiger partial charge in [-0.2, -0.15) is 0 Å². The molecule has 1 aromatic carbocycles. The average Bonchev–Trinajstić information content (AvgIpc) is 2.34. The van der Waals surface area contributed by atoms with Gasteiger partial charge in [-0.1, -0.05) is 6.07 Å². The van der Waals surface area contributed by atoms with E-state index in [0.29, 0.717) is 0 Å². The number of benzene rings is 1. The number of hydrogen-bond donors (Lipinski definition) is 3. The van der Waals surface area contributed by atoms with Crippen molar-refractivity contribution in [1.29, 1.82) is 0 Å². The topological polar surface area (TPSA) is 78.4 Å². The maximum atomic E-state index is 10.9. The first-order chi connectivity index (χ1) is 8.52. The molecule has 0 aliphatic carbocycles. The number of nitrogens with one attached hydrogen (secondary N) is 2. The molecule has 18 heavy (non-hydrogen) atoms. The van der Waals surface area contributed by atoms with Crippen molar-refractivity contribution in [1.82, 2.24) is 5.32 Å². The van der Waals surface area contributed by atoms with Crippen molar-refractivity contribution < 1.29 is 14.7 Å². The van der Waals surface area contributed by atoms with Crippen LogP contribution in [0.1, 0.15) is 6.92 Å². The summed E-state index contributed by atoms with van der Waals surface area (Å²) in [6, 6.07) is 6.71. The van der Waals surface area contributed by atoms with Gasteiger partial charge in [0.15, 0.2) is 0 Å². The van der Waals surface area contributed by atoms with E-state index in [2.05, 4.69) is 10.6 Å². The highest BCUT2D eigenvalue weighted by atomic mass is 32.2. The standard InChI is InChI=1S/C12H16N2O3S/c1-8(15)14-11(12(16)17)7-13-9-4-3-5-10(6-9)18-2/h3-6,11,13H,7H2,1-2H3,(H,14,15)(H,16,17). The van der Waals surface area contributed by atoms with E-state index in [0.717, 1.165) is 10.6 Å². The summed E-state index contributed by atoms with van der Waals surface area (Å²) >= 11 is 1.61. The largest absolute Gasteiger partial charge is 0.480 e. The van der Waals surface area contributed by atoms with Crippen LogP contribution in [0.5, 0.6) is 0 Å². The van der Waals surface area contributed by atoms with Gasteiger partial charge in [-0.3, -0.25) is 4.79 Å². The van der Waals surface area contributed by atoms with Crippen molar-refractivity contribution in [2.45, 2.75) is 17.9 Å². The number of thioether (sulfide) groups is 1. The van der Waals surface area contributed by atoms with Crippen LogP contribution in [-0.4, -0.2) is 35.8 Å². The van der Waals surface area contributed by atoms with Crippen molar-refractivity contribution in [2.75, 3.05) is 18.1 Å². The number of carbonyl (C=O) groups excluding carboxylic acids is 1. The summed E-state index contributed by atoms with van der Waals surface area (Å²) in [6.07, 6.45) is 1.97. The number of amides is 1. The summed E-state index contributed by atoms with van der Waals surface area (Å²) in [7, 11) is 0. The highest BCUT2D eigenvalue weighted by Crippen LogP contribution is 2.18. The Hall–Kier alpha value is -1.69. The van der Waals surface area contributed by atoms with Crippen molar-refractivity contribution in [2.24, 2.45) is 0 Å². The van der Waals surface area contributed by atoms with Gasteiger partial charge in [-0.25, -0.2) is 4.79 Å². The van der Waals surface area contributed by atoms with Crippen LogP contribution in [0.15, 0.2) is 29.2 Å². The molecule has 0 aliphatic rings. The molecule has 1 atom stereocenters. The number of carbonyl (C=O) groups is 2. The van der Waals surface area contributed by atoms with Gasteiger partial charge in [0, 0.05) is 24.1 Å². The number of hydrogen-bond acceptors (Lipinski definition) is 4. The number of anilines is 1. The normalized spacial score (nSPS) is 11.7. The van der Waals surface area contributed by atoms with E-state index in [1.807, 2.05) is 30.5 Å². The minimum absolute atomic E-state index is 0.146. The lowest BCUT2D eigenvalue weighted by Crippen LogP contribution is -2.44. The Bertz CT molecular complexity index is 437. The Balaban J connectivity index is 2.60. The Kier molecular flexibility index (Phi) is 5.51. The predicted octanol–water partition coefficient (Wildman–Crippen LogP) is 1.41. The van der Waals surface area contributed by atoms with E-state index in [-0.39, 0.29) is 12.5 Å². The SMILES string of the molecule is CSc1cccc(NCC(NC(C)=O)C(=O)O)c1. The summed E-state index contributed by atoms with van der Waals surface area (Å²) in [4.78, 5) is 22.9. The van der Waals surface area contributed by atoms with Gasteiger partial charge in [0.05, 0.1) is 0 Å². The van der Waals surface area contributed by atoms with Gasteiger partial charge in [0.2, 0.25) is 5.91 Å². The van der Waals surface area contributed by atoms with Crippen molar-refractivity contribution >= 4 is 29.3 Å². The van der Waals surface area contributed by atoms with E-state index >= 15 is 0 Å². The molecular formula is C12H16N2O3S. The van der Waals surface area contributed by atoms with Crippen LogP contribution in [0, 0.1) is 0 Å². The van der Waals surface area contributed by atoms with Gasteiger partial charge < -0.3 is 15.7 Å². The Morgan fingerprint density at radius 2 is 2.17 bits per heavy atom. The summed E-state index contributed by atoms with van der Waals surface area (Å²) in [5, 5.41) is 14.3. The van der Waals surface area contributed by atoms with Gasteiger partial charge in [-0.05, 0) is 24.5 Å². The van der Waals surface area contributed by atoms with Crippen molar-refractivity contribution in [3.8, 4) is 0 Å². The van der Waals surface area contributed by atoms with Crippen LogP contribution < -0.4 is 10.6 Å². The first-order valence-corrected chi connectivity index (χ1v) is 6.63. The second-order valence-corrected chi connectivity index (χ2v) is 4.58. The molecule has 0 fully saturated rings. The number of rotatable bonds is 6. The van der Waals surface area contributed by atoms with E-state index in [1.54, 1.807) is 11.8 Å². The molecule has 5 nitrogen and oxygen atoms in total. The fourth-order valence-corrected chi connectivity index (χ4v) is 1.86. The van der Waals surface area contributed by atoms with Crippen LogP contribution in [0.2, 0.25) is 0 Å². The van der Waals surface area contributed by atoms with Crippen LogP contribution in [0.3, 0.4) is 0 Å². The maximum Gasteiger partial charge on any atom is 0.328 e. The zero-order valence-electron chi connectivity index (χ0n) is 10.3. The van der Waals surface area contributed by atoms with Gasteiger partial charge in [0.25, 0.3) is 0 Å². The van der Waals surface area contributed by atoms with E-state index in [4.69, 9.17) is 5.11 Å². The molecule has 1 unspecified atom stereocenters. The second-order valence-electron chi connectivity index (χ2n) is 3.70. The van der Waals surface area contributed by atoms with Crippen molar-refractivity contribution in [3.63, 3.8) is 0 Å². The second kappa shape index (κ2) is 6.90. The van der Waals surface area contributed by atoms with E-state index in [9.17, 15) is 9.59 Å². The molecule has 0 heterocycles. The lowest BCUT2D eigenvalue weighted by molar-refractivity contribution is -0.141. The average molecular weight is 268 g/mol. The fraction of sp³-hybridized carbons (Fsp3) is 0.333. The third kappa shape index (κ3) is 4.67. The molecule has 0 aliphatic heterocycles. The van der Waals surface area contributed by atoms with E-state index in [1.165, 1.54) is 6.92 Å². The zero-order valence-corrected chi connectivity index (χ0v) is 11.1. The summed E-state index contributed by atoms with van der Waals surface area (Å²) < 4.78 is 0. The minimum Gasteiger partial charge on any atom is -0.480 e. The van der Waals surface area contributed by atoms with Gasteiger partial charge in [0.1, 0.15) is 6.04 Å². The number of carboxylic acids is 1. The molecule has 0 aromatic heterocycles. The third-order valence-corrected chi connectivity index (χ3v) is 2.98. The zero-order chi connectivity index (χ0) is 13.5. The molecule has 0 saturated carbocycles. The molecule has 98 valence electrons. The molecular weight excluding hydrogens is 252 g/mol. The molecule has 0 bridgehead atoms. The molecule has 0 spiro atoms.